The Balaban J connectivity index is 0.00000264. The van der Waals surface area contributed by atoms with Crippen molar-refractivity contribution >= 4 is 5.97 Å². The summed E-state index contributed by atoms with van der Waals surface area (Å²) < 4.78 is 5.30. The standard InChI is InChI=1S/C18H21NO3.ClH/c1-19(2)13-14-22-17(20)18(21,15-9-5-3-6-10-15)16-11-7-4-8-12-16;/h3-12,21H,13-14H2,1-2H3;1H/p-1. The summed E-state index contributed by atoms with van der Waals surface area (Å²) >= 11 is 0. The average Bonchev–Trinajstić information content (AvgIpc) is 2.55. The van der Waals surface area contributed by atoms with Gasteiger partial charge in [0, 0.05) is 6.54 Å². The topological polar surface area (TPSA) is 49.8 Å². The van der Waals surface area contributed by atoms with Gasteiger partial charge in [-0.25, -0.2) is 4.79 Å². The third kappa shape index (κ3) is 4.55. The van der Waals surface area contributed by atoms with E-state index in [4.69, 9.17) is 4.74 Å². The Morgan fingerprint density at radius 2 is 1.43 bits per heavy atom. The minimum absolute atomic E-state index is 0. The molecule has 0 amide bonds. The van der Waals surface area contributed by atoms with Gasteiger partial charge in [-0.2, -0.15) is 0 Å². The molecule has 0 fully saturated rings. The average molecular weight is 335 g/mol. The van der Waals surface area contributed by atoms with Crippen molar-refractivity contribution in [2.45, 2.75) is 5.60 Å². The highest BCUT2D eigenvalue weighted by atomic mass is 35.5. The second kappa shape index (κ2) is 8.67. The van der Waals surface area contributed by atoms with Gasteiger partial charge in [0.05, 0.1) is 0 Å². The molecule has 124 valence electrons. The molecule has 2 aromatic carbocycles. The van der Waals surface area contributed by atoms with Crippen molar-refractivity contribution in [1.29, 1.82) is 0 Å². The Bertz CT molecular complexity index is 563. The maximum absolute atomic E-state index is 12.6. The van der Waals surface area contributed by atoms with Gasteiger partial charge < -0.3 is 27.2 Å². The number of esters is 1. The monoisotopic (exact) mass is 334 g/mol. The molecule has 23 heavy (non-hydrogen) atoms. The Kier molecular flexibility index (Phi) is 7.23. The molecule has 5 heteroatoms. The first-order valence-corrected chi connectivity index (χ1v) is 7.20. The molecule has 0 saturated heterocycles. The molecule has 0 aliphatic heterocycles. The van der Waals surface area contributed by atoms with E-state index in [1.54, 1.807) is 48.5 Å². The predicted molar refractivity (Wildman–Crippen MR) is 85.4 cm³/mol. The number of halogens is 1. The SMILES string of the molecule is CN(C)CCOC(=O)C(O)(c1ccccc1)c1ccccc1.[Cl-]. The van der Waals surface area contributed by atoms with Crippen LogP contribution in [-0.2, 0) is 15.1 Å². The fourth-order valence-corrected chi connectivity index (χ4v) is 2.19. The highest BCUT2D eigenvalue weighted by Gasteiger charge is 2.41. The quantitative estimate of drug-likeness (QED) is 0.691. The van der Waals surface area contributed by atoms with Gasteiger partial charge in [0.1, 0.15) is 6.61 Å². The number of hydrogen-bond acceptors (Lipinski definition) is 4. The fraction of sp³-hybridized carbons (Fsp3) is 0.278. The molecule has 0 aliphatic rings. The van der Waals surface area contributed by atoms with Gasteiger partial charge in [-0.1, -0.05) is 60.7 Å². The van der Waals surface area contributed by atoms with Crippen molar-refractivity contribution < 1.29 is 27.0 Å². The lowest BCUT2D eigenvalue weighted by Gasteiger charge is -2.27. The van der Waals surface area contributed by atoms with Crippen LogP contribution in [0.25, 0.3) is 0 Å². The molecule has 0 spiro atoms. The van der Waals surface area contributed by atoms with Gasteiger partial charge in [0.15, 0.2) is 0 Å². The molecule has 0 aliphatic carbocycles. The van der Waals surface area contributed by atoms with E-state index in [0.717, 1.165) is 0 Å². The summed E-state index contributed by atoms with van der Waals surface area (Å²) in [5.41, 5.74) is -0.804. The number of nitrogens with zero attached hydrogens (tertiary/aromatic N) is 1. The molecule has 2 rings (SSSR count). The summed E-state index contributed by atoms with van der Waals surface area (Å²) in [5.74, 6) is -0.660. The Hall–Kier alpha value is -1.88. The van der Waals surface area contributed by atoms with E-state index in [1.807, 2.05) is 31.1 Å². The largest absolute Gasteiger partial charge is 1.00 e. The van der Waals surface area contributed by atoms with E-state index in [2.05, 4.69) is 0 Å². The van der Waals surface area contributed by atoms with Crippen molar-refractivity contribution in [2.75, 3.05) is 27.2 Å². The maximum Gasteiger partial charge on any atom is 0.347 e. The number of aliphatic hydroxyl groups is 1. The smallest absolute Gasteiger partial charge is 0.347 e. The van der Waals surface area contributed by atoms with Gasteiger partial charge in [-0.3, -0.25) is 0 Å². The first-order chi connectivity index (χ1) is 10.5. The first-order valence-electron chi connectivity index (χ1n) is 7.20. The number of ether oxygens (including phenoxy) is 1. The van der Waals surface area contributed by atoms with Crippen LogP contribution in [0, 0.1) is 0 Å². The molecular formula is C18H21ClNO3-. The molecule has 0 bridgehead atoms. The van der Waals surface area contributed by atoms with Crippen molar-refractivity contribution in [2.24, 2.45) is 0 Å². The number of rotatable bonds is 6. The first kappa shape index (κ1) is 19.2. The minimum atomic E-state index is -1.80. The second-order valence-electron chi connectivity index (χ2n) is 5.38. The summed E-state index contributed by atoms with van der Waals surface area (Å²) in [5, 5.41) is 11.1. The third-order valence-corrected chi connectivity index (χ3v) is 3.45. The number of hydrogen-bond donors (Lipinski definition) is 1. The molecule has 0 atom stereocenters. The molecule has 0 heterocycles. The third-order valence-electron chi connectivity index (χ3n) is 3.45. The molecular weight excluding hydrogens is 314 g/mol. The molecule has 0 aromatic heterocycles. The predicted octanol–water partition coefficient (Wildman–Crippen LogP) is -0.969. The van der Waals surface area contributed by atoms with Crippen molar-refractivity contribution in [3.05, 3.63) is 71.8 Å². The molecule has 4 nitrogen and oxygen atoms in total. The fourth-order valence-electron chi connectivity index (χ4n) is 2.19. The summed E-state index contributed by atoms with van der Waals surface area (Å²) in [6, 6.07) is 17.7. The highest BCUT2D eigenvalue weighted by molar-refractivity contribution is 5.85. The van der Waals surface area contributed by atoms with Crippen LogP contribution >= 0.6 is 0 Å². The summed E-state index contributed by atoms with van der Waals surface area (Å²) in [6.07, 6.45) is 0. The van der Waals surface area contributed by atoms with Crippen molar-refractivity contribution in [1.82, 2.24) is 4.90 Å². The molecule has 0 radical (unpaired) electrons. The van der Waals surface area contributed by atoms with E-state index >= 15 is 0 Å². The van der Waals surface area contributed by atoms with Crippen LogP contribution < -0.4 is 12.4 Å². The van der Waals surface area contributed by atoms with Crippen LogP contribution in [0.15, 0.2) is 60.7 Å². The lowest BCUT2D eigenvalue weighted by atomic mass is 9.86. The van der Waals surface area contributed by atoms with Crippen LogP contribution in [-0.4, -0.2) is 43.2 Å². The zero-order valence-electron chi connectivity index (χ0n) is 13.3. The van der Waals surface area contributed by atoms with Crippen LogP contribution in [0.2, 0.25) is 0 Å². The van der Waals surface area contributed by atoms with E-state index in [9.17, 15) is 9.90 Å². The van der Waals surface area contributed by atoms with E-state index in [1.165, 1.54) is 0 Å². The number of benzene rings is 2. The summed E-state index contributed by atoms with van der Waals surface area (Å²) in [4.78, 5) is 14.5. The van der Waals surface area contributed by atoms with Gasteiger partial charge in [0.2, 0.25) is 5.60 Å². The zero-order valence-corrected chi connectivity index (χ0v) is 14.0. The molecule has 2 aromatic rings. The highest BCUT2D eigenvalue weighted by Crippen LogP contribution is 2.30. The molecule has 0 saturated carbocycles. The van der Waals surface area contributed by atoms with Crippen molar-refractivity contribution in [3.63, 3.8) is 0 Å². The van der Waals surface area contributed by atoms with E-state index < -0.39 is 11.6 Å². The lowest BCUT2D eigenvalue weighted by Crippen LogP contribution is -3.00. The van der Waals surface area contributed by atoms with E-state index in [0.29, 0.717) is 17.7 Å². The Morgan fingerprint density at radius 1 is 1.00 bits per heavy atom. The summed E-state index contributed by atoms with van der Waals surface area (Å²) in [6.45, 7) is 0.833. The van der Waals surface area contributed by atoms with Crippen LogP contribution in [0.3, 0.4) is 0 Å². The number of likely N-dealkylation sites (N-methyl/N-ethyl adjacent to an activating group) is 1. The van der Waals surface area contributed by atoms with Crippen molar-refractivity contribution in [3.8, 4) is 0 Å². The van der Waals surface area contributed by atoms with Gasteiger partial charge in [-0.05, 0) is 25.2 Å². The van der Waals surface area contributed by atoms with Gasteiger partial charge in [0.25, 0.3) is 0 Å². The summed E-state index contributed by atoms with van der Waals surface area (Å²) in [7, 11) is 3.79. The Morgan fingerprint density at radius 3 is 1.83 bits per heavy atom. The maximum atomic E-state index is 12.6. The number of carbonyl (C=O) groups excluding carboxylic acids is 1. The van der Waals surface area contributed by atoms with E-state index in [-0.39, 0.29) is 19.0 Å². The Labute approximate surface area is 143 Å². The molecule has 0 unspecified atom stereocenters. The van der Waals surface area contributed by atoms with Crippen LogP contribution in [0.4, 0.5) is 0 Å². The lowest BCUT2D eigenvalue weighted by molar-refractivity contribution is -0.162. The zero-order chi connectivity index (χ0) is 16.0. The molecule has 1 N–H and O–H groups in total. The van der Waals surface area contributed by atoms with Gasteiger partial charge >= 0.3 is 5.97 Å². The van der Waals surface area contributed by atoms with Gasteiger partial charge in [-0.15, -0.1) is 0 Å². The normalized spacial score (nSPS) is 11.0. The second-order valence-corrected chi connectivity index (χ2v) is 5.38. The van der Waals surface area contributed by atoms with Crippen LogP contribution in [0.5, 0.6) is 0 Å². The van der Waals surface area contributed by atoms with Crippen LogP contribution in [0.1, 0.15) is 11.1 Å². The number of carbonyl (C=O) groups is 1. The minimum Gasteiger partial charge on any atom is -1.00 e.